The molecule has 0 spiro atoms. The quantitative estimate of drug-likeness (QED) is 0.113. The Bertz CT molecular complexity index is 8470. The fraction of sp³-hybridized carbons (Fsp3) is 0. The van der Waals surface area contributed by atoms with Crippen molar-refractivity contribution < 1.29 is 0 Å². The third-order valence-corrected chi connectivity index (χ3v) is 26.5. The molecule has 0 radical (unpaired) electrons. The molecule has 0 aliphatic rings. The van der Waals surface area contributed by atoms with Crippen LogP contribution < -0.4 is 0 Å². The maximum absolute atomic E-state index is 5.65. The van der Waals surface area contributed by atoms with E-state index in [0.717, 1.165) is 122 Å². The predicted octanol–water partition coefficient (Wildman–Crippen LogP) is 33.6. The van der Waals surface area contributed by atoms with E-state index in [2.05, 4.69) is 400 Å². The Morgan fingerprint density at radius 2 is 0.311 bits per heavy atom. The van der Waals surface area contributed by atoms with E-state index in [1.165, 1.54) is 125 Å². The van der Waals surface area contributed by atoms with E-state index in [1.54, 1.807) is 0 Å². The molecule has 0 atom stereocenters. The van der Waals surface area contributed by atoms with E-state index in [9.17, 15) is 0 Å². The highest BCUT2D eigenvalue weighted by Gasteiger charge is 2.25. The SMILES string of the molecule is c1ccc(-c2cc(-c3ccc(-c4cc(-c5cc6ccccc6c6ccccc56)c5cc(-c6cc7ccccc7c7ccccc67)c6ccccc6c5n4)cc3)cc(-c3ccccc3)n2)cc1.c1ccc(-c2nc(-c3ccccc3)nc(-c3ccc(-c4cc(-c5cc6ccccc6c6ccccc56)c5cc(-c6cc7ccccc7c7ccccc67)c6ccccc6c5n4)cc3)n2)cc1. The van der Waals surface area contributed by atoms with Crippen LogP contribution in [0, 0.1) is 0 Å². The van der Waals surface area contributed by atoms with Gasteiger partial charge in [0.15, 0.2) is 17.5 Å². The van der Waals surface area contributed by atoms with E-state index in [-0.39, 0.29) is 0 Å². The van der Waals surface area contributed by atoms with Crippen molar-refractivity contribution in [1.29, 1.82) is 0 Å². The summed E-state index contributed by atoms with van der Waals surface area (Å²) >= 11 is 0. The van der Waals surface area contributed by atoms with Gasteiger partial charge in [-0.05, 0) is 213 Å². The molecule has 26 rings (SSSR count). The van der Waals surface area contributed by atoms with Crippen molar-refractivity contribution in [3.63, 3.8) is 0 Å². The topological polar surface area (TPSA) is 77.3 Å². The van der Waals surface area contributed by atoms with Crippen LogP contribution in [0.3, 0.4) is 0 Å². The fourth-order valence-electron chi connectivity index (χ4n) is 20.2. The lowest BCUT2D eigenvalue weighted by atomic mass is 9.86. The van der Waals surface area contributed by atoms with Crippen LogP contribution in [0.1, 0.15) is 0 Å². The summed E-state index contributed by atoms with van der Waals surface area (Å²) in [5, 5.41) is 26.6. The van der Waals surface area contributed by atoms with Crippen LogP contribution in [-0.4, -0.2) is 29.9 Å². The number of hydrogen-bond acceptors (Lipinski definition) is 6. The van der Waals surface area contributed by atoms with Crippen LogP contribution in [0.4, 0.5) is 0 Å². The zero-order chi connectivity index (χ0) is 87.1. The first-order valence-electron chi connectivity index (χ1n) is 45.0. The van der Waals surface area contributed by atoms with Crippen molar-refractivity contribution in [3.8, 4) is 135 Å². The standard InChI is InChI=1S/C64H40N2.C62H38N4/c1-3-17-42(18-4-1)61-37-47(38-62(65-61)43-19-5-2-6-20-43)41-31-33-44(34-32-41)63-40-59(57-36-46-22-8-10-24-49(46)51-26-12-14-28-53(51)57)60-39-58(54-29-15-16-30-55(54)64(60)66-63)56-35-45-21-7-9-23-48(45)50-25-11-13-27-52(50)56;1-3-17-40(18-4-1)60-64-61(41-19-5-2-6-20-41)66-62(65-60)42-33-31-39(32-34-42)58-38-56(54-36-44-22-8-10-24-46(44)48-26-12-14-28-50(48)54)57-37-55(51-29-15-16-30-52(51)59(57)63-58)53-35-43-21-7-9-23-45(43)47-25-11-13-27-49(47)53/h1-40H;1-38H. The van der Waals surface area contributed by atoms with E-state index in [1.807, 2.05) is 72.8 Å². The largest absolute Gasteiger partial charge is 0.248 e. The second-order valence-electron chi connectivity index (χ2n) is 34.2. The Morgan fingerprint density at radius 1 is 0.106 bits per heavy atom. The third kappa shape index (κ3) is 13.6. The molecule has 4 heterocycles. The Hall–Kier alpha value is -17.6. The molecule has 612 valence electrons. The van der Waals surface area contributed by atoms with Gasteiger partial charge in [0.25, 0.3) is 0 Å². The van der Waals surface area contributed by atoms with Crippen LogP contribution in [0.25, 0.3) is 264 Å². The number of hydrogen-bond donors (Lipinski definition) is 0. The molecule has 6 heteroatoms. The highest BCUT2D eigenvalue weighted by Crippen LogP contribution is 2.50. The number of aromatic nitrogens is 6. The molecule has 0 aliphatic heterocycles. The average molecular weight is 1680 g/mol. The Kier molecular flexibility index (Phi) is 18.8. The molecule has 0 bridgehead atoms. The van der Waals surface area contributed by atoms with Gasteiger partial charge in [-0.15, -0.1) is 0 Å². The first-order valence-corrected chi connectivity index (χ1v) is 45.0. The van der Waals surface area contributed by atoms with Crippen LogP contribution in [-0.2, 0) is 0 Å². The zero-order valence-electron chi connectivity index (χ0n) is 71.7. The Morgan fingerprint density at radius 3 is 0.621 bits per heavy atom. The average Bonchev–Trinajstić information content (AvgIpc) is 0.723. The number of pyridine rings is 3. The molecular weight excluding hydrogens is 1600 g/mol. The minimum absolute atomic E-state index is 0.615. The Labute approximate surface area is 762 Å². The monoisotopic (exact) mass is 1670 g/mol. The molecule has 0 unspecified atom stereocenters. The molecule has 4 aromatic heterocycles. The van der Waals surface area contributed by atoms with E-state index in [4.69, 9.17) is 29.9 Å². The van der Waals surface area contributed by atoms with Gasteiger partial charge in [0, 0.05) is 60.5 Å². The van der Waals surface area contributed by atoms with Crippen molar-refractivity contribution in [3.05, 3.63) is 473 Å². The lowest BCUT2D eigenvalue weighted by Gasteiger charge is -2.19. The van der Waals surface area contributed by atoms with E-state index >= 15 is 0 Å². The van der Waals surface area contributed by atoms with Crippen molar-refractivity contribution >= 4 is 130 Å². The summed E-state index contributed by atoms with van der Waals surface area (Å²) in [5.41, 5.74) is 24.4. The van der Waals surface area contributed by atoms with Crippen molar-refractivity contribution in [1.82, 2.24) is 29.9 Å². The summed E-state index contributed by atoms with van der Waals surface area (Å²) in [5.74, 6) is 1.88. The summed E-state index contributed by atoms with van der Waals surface area (Å²) in [7, 11) is 0. The van der Waals surface area contributed by atoms with Crippen molar-refractivity contribution in [2.75, 3.05) is 0 Å². The molecule has 0 fully saturated rings. The zero-order valence-corrected chi connectivity index (χ0v) is 71.7. The van der Waals surface area contributed by atoms with Crippen molar-refractivity contribution in [2.24, 2.45) is 0 Å². The molecule has 22 aromatic carbocycles. The third-order valence-electron chi connectivity index (χ3n) is 26.5. The first-order chi connectivity index (χ1) is 65.4. The molecule has 0 saturated carbocycles. The number of nitrogens with zero attached hydrogens (tertiary/aromatic N) is 6. The van der Waals surface area contributed by atoms with Crippen LogP contribution in [0.5, 0.6) is 0 Å². The van der Waals surface area contributed by atoms with Crippen LogP contribution in [0.15, 0.2) is 473 Å². The van der Waals surface area contributed by atoms with Gasteiger partial charge in [0.1, 0.15) is 0 Å². The fourth-order valence-corrected chi connectivity index (χ4v) is 20.2. The minimum atomic E-state index is 0.615. The highest BCUT2D eigenvalue weighted by atomic mass is 15.0. The van der Waals surface area contributed by atoms with Gasteiger partial charge in [0.05, 0.1) is 33.8 Å². The van der Waals surface area contributed by atoms with Gasteiger partial charge in [-0.3, -0.25) is 0 Å². The first kappa shape index (κ1) is 76.8. The van der Waals surface area contributed by atoms with Gasteiger partial charge in [-0.2, -0.15) is 0 Å². The minimum Gasteiger partial charge on any atom is -0.248 e. The summed E-state index contributed by atoms with van der Waals surface area (Å²) in [6, 6.07) is 170. The van der Waals surface area contributed by atoms with Gasteiger partial charge >= 0.3 is 0 Å². The normalized spacial score (nSPS) is 11.6. The molecule has 0 saturated heterocycles. The van der Waals surface area contributed by atoms with Crippen LogP contribution in [0.2, 0.25) is 0 Å². The molecule has 6 nitrogen and oxygen atoms in total. The van der Waals surface area contributed by atoms with E-state index < -0.39 is 0 Å². The van der Waals surface area contributed by atoms with Crippen LogP contribution >= 0.6 is 0 Å². The lowest BCUT2D eigenvalue weighted by Crippen LogP contribution is -2.00. The molecular formula is C126H78N6. The lowest BCUT2D eigenvalue weighted by molar-refractivity contribution is 1.07. The Balaban J connectivity index is 0.000000142. The second-order valence-corrected chi connectivity index (χ2v) is 34.2. The smallest absolute Gasteiger partial charge is 0.164 e. The maximum atomic E-state index is 5.65. The predicted molar refractivity (Wildman–Crippen MR) is 555 cm³/mol. The number of rotatable bonds is 12. The maximum Gasteiger partial charge on any atom is 0.164 e. The number of benzene rings is 22. The molecule has 0 N–H and O–H groups in total. The summed E-state index contributed by atoms with van der Waals surface area (Å²) in [6.07, 6.45) is 0. The summed E-state index contributed by atoms with van der Waals surface area (Å²) < 4.78 is 0. The second kappa shape index (κ2) is 32.4. The number of fused-ring (bicyclic) bond motifs is 18. The van der Waals surface area contributed by atoms with Gasteiger partial charge < -0.3 is 0 Å². The van der Waals surface area contributed by atoms with Gasteiger partial charge in [-0.25, -0.2) is 29.9 Å². The van der Waals surface area contributed by atoms with Crippen molar-refractivity contribution in [2.45, 2.75) is 0 Å². The molecule has 0 aliphatic carbocycles. The van der Waals surface area contributed by atoms with Gasteiger partial charge in [0.2, 0.25) is 0 Å². The molecule has 132 heavy (non-hydrogen) atoms. The van der Waals surface area contributed by atoms with E-state index in [0.29, 0.717) is 17.5 Å². The molecule has 0 amide bonds. The van der Waals surface area contributed by atoms with Gasteiger partial charge in [-0.1, -0.05) is 413 Å². The summed E-state index contributed by atoms with van der Waals surface area (Å²) in [6.45, 7) is 0. The summed E-state index contributed by atoms with van der Waals surface area (Å²) in [4.78, 5) is 31.4. The highest BCUT2D eigenvalue weighted by molar-refractivity contribution is 6.26. The molecule has 26 aromatic rings.